The molecule has 0 amide bonds. The van der Waals surface area contributed by atoms with Crippen molar-refractivity contribution < 1.29 is 4.42 Å². The van der Waals surface area contributed by atoms with Gasteiger partial charge in [-0.1, -0.05) is 138 Å². The Balaban J connectivity index is 1.15. The highest BCUT2D eigenvalue weighted by Crippen LogP contribution is 2.55. The first-order valence-electron chi connectivity index (χ1n) is 26.9. The van der Waals surface area contributed by atoms with Gasteiger partial charge in [-0.2, -0.15) is 0 Å². The molecule has 13 rings (SSSR count). The van der Waals surface area contributed by atoms with E-state index in [0.29, 0.717) is 0 Å². The fraction of sp³-hybridized carbons (Fsp3) is 0.373. The van der Waals surface area contributed by atoms with E-state index in [-0.39, 0.29) is 32.5 Å². The monoisotopic (exact) mass is 962 g/mol. The second-order valence-electron chi connectivity index (χ2n) is 26.4. The van der Waals surface area contributed by atoms with Crippen LogP contribution in [-0.4, -0.2) is 7.28 Å². The van der Waals surface area contributed by atoms with E-state index in [9.17, 15) is 0 Å². The van der Waals surface area contributed by atoms with Gasteiger partial charge in [0.15, 0.2) is 7.28 Å². The quantitative estimate of drug-likeness (QED) is 0.178. The molecule has 5 heteroatoms. The molecule has 363 valence electrons. The van der Waals surface area contributed by atoms with E-state index in [1.165, 1.54) is 117 Å². The summed E-state index contributed by atoms with van der Waals surface area (Å²) in [4.78, 5) is 2.63. The molecule has 1 aliphatic heterocycles. The van der Waals surface area contributed by atoms with Gasteiger partial charge in [0.05, 0.1) is 0 Å². The van der Waals surface area contributed by atoms with Gasteiger partial charge in [-0.3, -0.25) is 0 Å². The van der Waals surface area contributed by atoms with Gasteiger partial charge in [-0.05, 0) is 187 Å². The molecule has 2 aromatic heterocycles. The molecule has 3 nitrogen and oxygen atoms in total. The lowest BCUT2D eigenvalue weighted by molar-refractivity contribution is 0.332. The number of hydrogen-bond donors (Lipinski definition) is 1. The van der Waals surface area contributed by atoms with E-state index in [4.69, 9.17) is 4.42 Å². The van der Waals surface area contributed by atoms with Crippen molar-refractivity contribution in [1.29, 1.82) is 0 Å². The number of hydrogen-bond acceptors (Lipinski definition) is 4. The average Bonchev–Trinajstić information content (AvgIpc) is 3.91. The molecule has 9 aromatic rings. The topological polar surface area (TPSA) is 28.4 Å². The van der Waals surface area contributed by atoms with Crippen molar-refractivity contribution in [3.63, 3.8) is 0 Å². The van der Waals surface area contributed by atoms with Gasteiger partial charge < -0.3 is 14.6 Å². The number of para-hydroxylation sites is 1. The molecule has 0 atom stereocenters. The maximum Gasteiger partial charge on any atom is 0.199 e. The molecular formula is C67H70BN2OS. The highest BCUT2D eigenvalue weighted by molar-refractivity contribution is 7.27. The first-order valence-corrected chi connectivity index (χ1v) is 27.7. The molecule has 0 saturated heterocycles. The summed E-state index contributed by atoms with van der Waals surface area (Å²) < 4.78 is 9.78. The Morgan fingerprint density at radius 3 is 1.74 bits per heavy atom. The Morgan fingerprint density at radius 1 is 0.486 bits per heavy atom. The van der Waals surface area contributed by atoms with Gasteiger partial charge in [0, 0.05) is 65.6 Å². The third-order valence-corrected chi connectivity index (χ3v) is 20.0. The predicted octanol–water partition coefficient (Wildman–Crippen LogP) is 18.2. The number of anilines is 5. The molecule has 0 fully saturated rings. The van der Waals surface area contributed by atoms with Gasteiger partial charge in [0.2, 0.25) is 0 Å². The number of aryl methyl sites for hydroxylation is 1. The Bertz CT molecular complexity index is 3800. The van der Waals surface area contributed by atoms with E-state index in [1.807, 2.05) is 11.3 Å². The number of benzene rings is 7. The smallest absolute Gasteiger partial charge is 0.199 e. The van der Waals surface area contributed by atoms with Crippen LogP contribution in [0.3, 0.4) is 0 Å². The van der Waals surface area contributed by atoms with Crippen LogP contribution in [-0.2, 0) is 32.5 Å². The summed E-state index contributed by atoms with van der Waals surface area (Å²) in [5, 5.41) is 9.17. The predicted molar refractivity (Wildman–Crippen MR) is 312 cm³/mol. The standard InChI is InChI=1S/C67H70BN2OS/c1-38-32-45-49(67(12,13)31-28-63(45,4)5)36-52(38)70-51-25-23-41-40-18-15-17-21-56(40)72-61(41)60(51)68-59-53(70)37-55-57(42-19-14-16-20-54(42)71-55)58(59)43-34-47-48(66(10,11)30-29-65(47,8)9)35-50(43)69-39-22-24-44-46(33-39)64(6,7)27-26-62(44,2)3/h14-25,32-37,69H,26-31H2,1-13H3. The van der Waals surface area contributed by atoms with Crippen molar-refractivity contribution in [1.82, 2.24) is 0 Å². The van der Waals surface area contributed by atoms with E-state index in [0.717, 1.165) is 52.9 Å². The van der Waals surface area contributed by atoms with Crippen molar-refractivity contribution in [2.45, 2.75) is 161 Å². The number of rotatable bonds is 4. The highest BCUT2D eigenvalue weighted by atomic mass is 32.1. The first kappa shape index (κ1) is 46.0. The fourth-order valence-corrected chi connectivity index (χ4v) is 15.1. The third kappa shape index (κ3) is 6.74. The summed E-state index contributed by atoms with van der Waals surface area (Å²) in [6.07, 6.45) is 6.98. The molecular weight excluding hydrogens is 892 g/mol. The van der Waals surface area contributed by atoms with E-state index < -0.39 is 0 Å². The molecule has 4 aliphatic rings. The fourth-order valence-electron chi connectivity index (χ4n) is 13.9. The second-order valence-corrected chi connectivity index (χ2v) is 27.5. The SMILES string of the molecule is Cc1cc2c(cc1N1c3cc4oc5ccccc5c4c(-c4cc5c(cc4Nc4ccc6c(c4)C(C)(C)CCC6(C)C)C(C)(C)CCC5(C)C)c3[B]c3c1ccc1c3sc3ccccc31)C(C)(C)CCC2(C)C. The van der Waals surface area contributed by atoms with Crippen molar-refractivity contribution >= 4 is 100 Å². The number of furan rings is 1. The zero-order chi connectivity index (χ0) is 50.2. The average molecular weight is 962 g/mol. The van der Waals surface area contributed by atoms with E-state index >= 15 is 0 Å². The lowest BCUT2D eigenvalue weighted by atomic mass is 9.57. The number of fused-ring (bicyclic) bond motifs is 12. The van der Waals surface area contributed by atoms with E-state index in [2.05, 4.69) is 217 Å². The second kappa shape index (κ2) is 15.2. The Kier molecular flexibility index (Phi) is 9.69. The van der Waals surface area contributed by atoms with Crippen LogP contribution in [0.5, 0.6) is 0 Å². The van der Waals surface area contributed by atoms with Crippen LogP contribution >= 0.6 is 11.3 Å². The normalized spacial score (nSPS) is 19.6. The van der Waals surface area contributed by atoms with Crippen molar-refractivity contribution in [3.8, 4) is 11.1 Å². The summed E-state index contributed by atoms with van der Waals surface area (Å²) in [7, 11) is 2.57. The first-order chi connectivity index (χ1) is 34.0. The number of thiophene rings is 1. The van der Waals surface area contributed by atoms with Crippen LogP contribution in [0, 0.1) is 6.92 Å². The van der Waals surface area contributed by atoms with Gasteiger partial charge in [-0.15, -0.1) is 11.3 Å². The van der Waals surface area contributed by atoms with Crippen LogP contribution in [0.1, 0.15) is 161 Å². The maximum atomic E-state index is 7.13. The molecule has 0 spiro atoms. The minimum atomic E-state index is -0.0155. The Morgan fingerprint density at radius 2 is 1.06 bits per heavy atom. The summed E-state index contributed by atoms with van der Waals surface area (Å²) in [6.45, 7) is 31.8. The minimum Gasteiger partial charge on any atom is -0.456 e. The molecule has 3 heterocycles. The maximum absolute atomic E-state index is 7.13. The molecule has 1 N–H and O–H groups in total. The van der Waals surface area contributed by atoms with Crippen LogP contribution in [0.25, 0.3) is 53.2 Å². The lowest BCUT2D eigenvalue weighted by Crippen LogP contribution is -2.42. The molecule has 0 bridgehead atoms. The van der Waals surface area contributed by atoms with Crippen LogP contribution in [0.15, 0.2) is 114 Å². The van der Waals surface area contributed by atoms with Crippen LogP contribution in [0.2, 0.25) is 0 Å². The van der Waals surface area contributed by atoms with Crippen LogP contribution < -0.4 is 21.1 Å². The van der Waals surface area contributed by atoms with Crippen molar-refractivity contribution in [3.05, 3.63) is 148 Å². The number of nitrogens with zero attached hydrogens (tertiary/aromatic N) is 1. The summed E-state index contributed by atoms with van der Waals surface area (Å²) in [6, 6.07) is 42.4. The zero-order valence-electron chi connectivity index (χ0n) is 45.0. The van der Waals surface area contributed by atoms with Gasteiger partial charge in [-0.25, -0.2) is 0 Å². The van der Waals surface area contributed by atoms with E-state index in [1.54, 1.807) is 0 Å². The van der Waals surface area contributed by atoms with Gasteiger partial charge in [0.25, 0.3) is 0 Å². The largest absolute Gasteiger partial charge is 0.456 e. The minimum absolute atomic E-state index is 0.0103. The van der Waals surface area contributed by atoms with Crippen molar-refractivity contribution in [2.24, 2.45) is 0 Å². The molecule has 0 saturated carbocycles. The van der Waals surface area contributed by atoms with Crippen LogP contribution in [0.4, 0.5) is 28.4 Å². The molecule has 0 unspecified atom stereocenters. The summed E-state index contributed by atoms with van der Waals surface area (Å²) in [5.74, 6) is 0. The number of nitrogens with one attached hydrogen (secondary N) is 1. The lowest BCUT2D eigenvalue weighted by Gasteiger charge is -2.44. The molecule has 7 aromatic carbocycles. The molecule has 72 heavy (non-hydrogen) atoms. The Labute approximate surface area is 432 Å². The van der Waals surface area contributed by atoms with Gasteiger partial charge in [0.1, 0.15) is 11.2 Å². The van der Waals surface area contributed by atoms with Crippen molar-refractivity contribution in [2.75, 3.05) is 10.2 Å². The molecule has 3 aliphatic carbocycles. The third-order valence-electron chi connectivity index (χ3n) is 18.8. The van der Waals surface area contributed by atoms with Gasteiger partial charge >= 0.3 is 0 Å². The molecule has 1 radical (unpaired) electrons. The Hall–Kier alpha value is -5.78. The highest BCUT2D eigenvalue weighted by Gasteiger charge is 2.42. The summed E-state index contributed by atoms with van der Waals surface area (Å²) >= 11 is 1.93. The summed E-state index contributed by atoms with van der Waals surface area (Å²) in [5.41, 5.74) is 23.1. The zero-order valence-corrected chi connectivity index (χ0v) is 45.8.